The molecule has 0 aromatic rings. The lowest BCUT2D eigenvalue weighted by Crippen LogP contribution is -2.60. The van der Waals surface area contributed by atoms with Crippen LogP contribution in [0, 0.1) is 0 Å². The lowest BCUT2D eigenvalue weighted by Gasteiger charge is -2.40. The first-order valence-corrected chi connectivity index (χ1v) is 11.7. The van der Waals surface area contributed by atoms with Crippen LogP contribution in [0.5, 0.6) is 0 Å². The normalized spacial score (nSPS) is 24.7. The first-order valence-electron chi connectivity index (χ1n) is 11.7. The van der Waals surface area contributed by atoms with Gasteiger partial charge in [0.05, 0.1) is 18.7 Å². The number of methoxy groups -OCH3 is 1. The summed E-state index contributed by atoms with van der Waals surface area (Å²) in [6, 6.07) is -2.03. The SMILES string of the molecule is CO[C@@H]([C@@H]1OC(C(=O)OC(C)OC(=O)OC2CCCCC2)=C[C@H](N=C(N)N)[C@H]1NC(C)=O)[C@H](O)CO. The summed E-state index contributed by atoms with van der Waals surface area (Å²) in [4.78, 5) is 40.8. The van der Waals surface area contributed by atoms with Gasteiger partial charge in [-0.3, -0.25) is 4.79 Å². The molecule has 36 heavy (non-hydrogen) atoms. The summed E-state index contributed by atoms with van der Waals surface area (Å²) < 4.78 is 26.4. The molecular formula is C22H36N4O10. The number of esters is 1. The summed E-state index contributed by atoms with van der Waals surface area (Å²) in [7, 11) is 1.25. The van der Waals surface area contributed by atoms with E-state index in [1.54, 1.807) is 0 Å². The summed E-state index contributed by atoms with van der Waals surface area (Å²) in [5, 5.41) is 22.3. The Labute approximate surface area is 208 Å². The average Bonchev–Trinajstić information content (AvgIpc) is 2.80. The number of hydrogen-bond donors (Lipinski definition) is 5. The summed E-state index contributed by atoms with van der Waals surface area (Å²) in [6.07, 6.45) is -0.711. The standard InChI is InChI=1S/C22H36N4O10/c1-11(28)25-17-14(26-21(23)24)9-16(36-19(17)18(32-3)15(29)10-27)20(30)33-12(2)34-22(31)35-13-7-5-4-6-8-13/h9,12-15,17-19,27,29H,4-8,10H2,1-3H3,(H,25,28)(H4,23,24,26)/t12?,14-,15+,17+,18+,19+/m0/s1. The van der Waals surface area contributed by atoms with Crippen LogP contribution in [0.1, 0.15) is 46.0 Å². The third-order valence-corrected chi connectivity index (χ3v) is 5.69. The van der Waals surface area contributed by atoms with E-state index >= 15 is 0 Å². The number of nitrogens with one attached hydrogen (secondary N) is 1. The van der Waals surface area contributed by atoms with Gasteiger partial charge in [0.2, 0.25) is 18.0 Å². The molecule has 1 heterocycles. The Morgan fingerprint density at radius 3 is 2.44 bits per heavy atom. The van der Waals surface area contributed by atoms with E-state index in [9.17, 15) is 24.6 Å². The molecule has 14 heteroatoms. The average molecular weight is 517 g/mol. The Morgan fingerprint density at radius 2 is 1.89 bits per heavy atom. The van der Waals surface area contributed by atoms with Crippen molar-refractivity contribution in [2.24, 2.45) is 16.5 Å². The fourth-order valence-corrected chi connectivity index (χ4v) is 4.12. The molecule has 0 aromatic heterocycles. The Balaban J connectivity index is 2.19. The Morgan fingerprint density at radius 1 is 1.22 bits per heavy atom. The quantitative estimate of drug-likeness (QED) is 0.104. The molecule has 2 rings (SSSR count). The maximum absolute atomic E-state index is 12.8. The molecule has 0 spiro atoms. The highest BCUT2D eigenvalue weighted by atomic mass is 16.8. The minimum Gasteiger partial charge on any atom is -0.478 e. The molecule has 0 radical (unpaired) electrons. The number of amides is 1. The maximum Gasteiger partial charge on any atom is 0.511 e. The van der Waals surface area contributed by atoms with Gasteiger partial charge in [-0.2, -0.15) is 0 Å². The van der Waals surface area contributed by atoms with Crippen molar-refractivity contribution in [2.45, 2.75) is 88.7 Å². The van der Waals surface area contributed by atoms with Gasteiger partial charge in [-0.1, -0.05) is 6.42 Å². The van der Waals surface area contributed by atoms with E-state index in [0.29, 0.717) is 0 Å². The van der Waals surface area contributed by atoms with Gasteiger partial charge in [-0.15, -0.1) is 0 Å². The molecule has 14 nitrogen and oxygen atoms in total. The van der Waals surface area contributed by atoms with Gasteiger partial charge in [-0.05, 0) is 31.8 Å². The van der Waals surface area contributed by atoms with Crippen molar-refractivity contribution in [3.8, 4) is 0 Å². The highest BCUT2D eigenvalue weighted by Crippen LogP contribution is 2.27. The molecule has 6 atom stereocenters. The number of aliphatic hydroxyl groups is 2. The number of nitrogens with two attached hydrogens (primary N) is 2. The molecule has 1 aliphatic heterocycles. The van der Waals surface area contributed by atoms with Crippen molar-refractivity contribution in [1.82, 2.24) is 5.32 Å². The molecule has 1 fully saturated rings. The molecule has 0 bridgehead atoms. The second kappa shape index (κ2) is 13.8. The molecule has 7 N–H and O–H groups in total. The Kier molecular flexibility index (Phi) is 11.2. The Hall–Kier alpha value is -3.10. The molecular weight excluding hydrogens is 480 g/mol. The zero-order chi connectivity index (χ0) is 26.8. The van der Waals surface area contributed by atoms with Crippen LogP contribution < -0.4 is 16.8 Å². The molecule has 0 aromatic carbocycles. The number of carbonyl (C=O) groups is 3. The number of ether oxygens (including phenoxy) is 5. The van der Waals surface area contributed by atoms with Crippen molar-refractivity contribution < 1.29 is 48.3 Å². The fraction of sp³-hybridized carbons (Fsp3) is 0.727. The van der Waals surface area contributed by atoms with E-state index in [-0.39, 0.29) is 17.8 Å². The van der Waals surface area contributed by atoms with Crippen molar-refractivity contribution in [3.63, 3.8) is 0 Å². The summed E-state index contributed by atoms with van der Waals surface area (Å²) in [5.41, 5.74) is 11.1. The first-order chi connectivity index (χ1) is 17.0. The lowest BCUT2D eigenvalue weighted by molar-refractivity contribution is -0.174. The second-order valence-electron chi connectivity index (χ2n) is 8.55. The van der Waals surface area contributed by atoms with Gasteiger partial charge < -0.3 is 50.7 Å². The number of hydrogen-bond acceptors (Lipinski definition) is 11. The lowest BCUT2D eigenvalue weighted by atomic mass is 9.92. The van der Waals surface area contributed by atoms with Gasteiger partial charge in [0.1, 0.15) is 18.3 Å². The van der Waals surface area contributed by atoms with Crippen LogP contribution in [-0.2, 0) is 33.3 Å². The zero-order valence-electron chi connectivity index (χ0n) is 20.6. The highest BCUT2D eigenvalue weighted by Gasteiger charge is 2.45. The summed E-state index contributed by atoms with van der Waals surface area (Å²) >= 11 is 0. The van der Waals surface area contributed by atoms with Gasteiger partial charge in [-0.25, -0.2) is 14.6 Å². The largest absolute Gasteiger partial charge is 0.511 e. The van der Waals surface area contributed by atoms with Gasteiger partial charge >= 0.3 is 12.1 Å². The second-order valence-corrected chi connectivity index (χ2v) is 8.55. The molecule has 2 aliphatic rings. The van der Waals surface area contributed by atoms with Crippen LogP contribution >= 0.6 is 0 Å². The monoisotopic (exact) mass is 516 g/mol. The van der Waals surface area contributed by atoms with Gasteiger partial charge in [0.15, 0.2) is 12.1 Å². The number of rotatable bonds is 10. The number of aliphatic imine (C=N–C) groups is 1. The highest BCUT2D eigenvalue weighted by molar-refractivity contribution is 5.87. The zero-order valence-corrected chi connectivity index (χ0v) is 20.6. The number of carbonyl (C=O) groups excluding carboxylic acids is 3. The third-order valence-electron chi connectivity index (χ3n) is 5.69. The first kappa shape index (κ1) is 29.1. The van der Waals surface area contributed by atoms with Crippen molar-refractivity contribution in [2.75, 3.05) is 13.7 Å². The maximum atomic E-state index is 12.8. The predicted molar refractivity (Wildman–Crippen MR) is 124 cm³/mol. The van der Waals surface area contributed by atoms with Crippen LogP contribution in [0.2, 0.25) is 0 Å². The number of guanidine groups is 1. The minimum atomic E-state index is -1.44. The van der Waals surface area contributed by atoms with E-state index < -0.39 is 61.3 Å². The van der Waals surface area contributed by atoms with Crippen molar-refractivity contribution in [1.29, 1.82) is 0 Å². The van der Waals surface area contributed by atoms with Crippen LogP contribution in [0.4, 0.5) is 4.79 Å². The molecule has 0 saturated heterocycles. The van der Waals surface area contributed by atoms with Crippen molar-refractivity contribution in [3.05, 3.63) is 11.8 Å². The van der Waals surface area contributed by atoms with Crippen LogP contribution in [0.25, 0.3) is 0 Å². The predicted octanol–water partition coefficient (Wildman–Crippen LogP) is -0.841. The number of aliphatic hydroxyl groups excluding tert-OH is 2. The van der Waals surface area contributed by atoms with Gasteiger partial charge in [0, 0.05) is 21.0 Å². The molecule has 1 aliphatic carbocycles. The Bertz CT molecular complexity index is 826. The third kappa shape index (κ3) is 8.53. The molecule has 1 amide bonds. The van der Waals surface area contributed by atoms with Crippen LogP contribution in [-0.4, -0.2) is 90.7 Å². The van der Waals surface area contributed by atoms with Gasteiger partial charge in [0.25, 0.3) is 0 Å². The number of nitrogens with zero attached hydrogens (tertiary/aromatic N) is 1. The van der Waals surface area contributed by atoms with E-state index in [1.165, 1.54) is 27.0 Å². The summed E-state index contributed by atoms with van der Waals surface area (Å²) in [5.74, 6) is -2.25. The molecule has 1 unspecified atom stereocenters. The van der Waals surface area contributed by atoms with Crippen LogP contribution in [0.3, 0.4) is 0 Å². The smallest absolute Gasteiger partial charge is 0.478 e. The van der Waals surface area contributed by atoms with E-state index in [0.717, 1.165) is 32.1 Å². The van der Waals surface area contributed by atoms with Crippen LogP contribution in [0.15, 0.2) is 16.8 Å². The fourth-order valence-electron chi connectivity index (χ4n) is 4.12. The molecule has 204 valence electrons. The summed E-state index contributed by atoms with van der Waals surface area (Å²) in [6.45, 7) is 1.87. The van der Waals surface area contributed by atoms with E-state index in [2.05, 4.69) is 10.3 Å². The van der Waals surface area contributed by atoms with Crippen molar-refractivity contribution >= 4 is 24.0 Å². The minimum absolute atomic E-state index is 0.241. The molecule has 1 saturated carbocycles. The van der Waals surface area contributed by atoms with E-state index in [1.807, 2.05) is 0 Å². The van der Waals surface area contributed by atoms with E-state index in [4.69, 9.17) is 35.2 Å². The topological polar surface area (TPSA) is 214 Å².